The van der Waals surface area contributed by atoms with Crippen molar-refractivity contribution >= 4 is 5.91 Å². The Bertz CT molecular complexity index is 782. The number of piperidine rings is 1. The van der Waals surface area contributed by atoms with Crippen molar-refractivity contribution in [2.45, 2.75) is 32.2 Å². The Morgan fingerprint density at radius 2 is 2.12 bits per heavy atom. The van der Waals surface area contributed by atoms with Gasteiger partial charge in [-0.05, 0) is 49.0 Å². The van der Waals surface area contributed by atoms with E-state index >= 15 is 0 Å². The molecule has 0 unspecified atom stereocenters. The molecular weight excluding hydrogens is 332 g/mol. The molecule has 2 heterocycles. The largest absolute Gasteiger partial charge is 0.426 e. The number of carbonyl (C=O) groups is 1. The van der Waals surface area contributed by atoms with Gasteiger partial charge in [0.15, 0.2) is 0 Å². The molecule has 1 fully saturated rings. The Balaban J connectivity index is 1.55. The first-order valence-corrected chi connectivity index (χ1v) is 8.31. The second-order valence-corrected chi connectivity index (χ2v) is 6.36. The van der Waals surface area contributed by atoms with Crippen molar-refractivity contribution in [2.24, 2.45) is 5.92 Å². The van der Waals surface area contributed by atoms with Gasteiger partial charge < -0.3 is 4.90 Å². The molecular formula is C17H20F2N3O3+. The van der Waals surface area contributed by atoms with Gasteiger partial charge in [-0.2, -0.15) is 0 Å². The second kappa shape index (κ2) is 7.58. The summed E-state index contributed by atoms with van der Waals surface area (Å²) in [5.41, 5.74) is -0.436. The van der Waals surface area contributed by atoms with Gasteiger partial charge in [-0.1, -0.05) is 10.7 Å². The van der Waals surface area contributed by atoms with Crippen molar-refractivity contribution < 1.29 is 22.8 Å². The summed E-state index contributed by atoms with van der Waals surface area (Å²) in [6.07, 6.45) is 3.89. The van der Waals surface area contributed by atoms with Crippen molar-refractivity contribution in [2.75, 3.05) is 13.1 Å². The van der Waals surface area contributed by atoms with Crippen LogP contribution >= 0.6 is 0 Å². The monoisotopic (exact) mass is 352 g/mol. The Labute approximate surface area is 143 Å². The smallest absolute Gasteiger partial charge is 0.337 e. The van der Waals surface area contributed by atoms with E-state index in [9.17, 15) is 18.4 Å². The fourth-order valence-electron chi connectivity index (χ4n) is 3.25. The maximum absolute atomic E-state index is 13.7. The quantitative estimate of drug-likeness (QED) is 0.827. The molecule has 1 atom stereocenters. The summed E-state index contributed by atoms with van der Waals surface area (Å²) < 4.78 is 33.2. The molecule has 0 aliphatic carbocycles. The van der Waals surface area contributed by atoms with Crippen molar-refractivity contribution in [1.29, 1.82) is 0 Å². The third kappa shape index (κ3) is 4.32. The van der Waals surface area contributed by atoms with E-state index in [-0.39, 0.29) is 23.9 Å². The molecule has 134 valence electrons. The zero-order valence-corrected chi connectivity index (χ0v) is 13.7. The standard InChI is InChI=1S/C17H19F2N3O3/c18-14-4-1-5-15(19)13(14)7-6-12-3-2-8-21(9-12)16(23)10-22-11-17(24)25-20-22/h1,4-5,11-12H,2-3,6-10H2/p+1/t12-/m0/s1. The number of hydrogen-bond acceptors (Lipinski definition) is 3. The van der Waals surface area contributed by atoms with Crippen LogP contribution in [0.4, 0.5) is 8.78 Å². The number of aromatic nitrogens is 2. The Hall–Kier alpha value is -2.51. The topological polar surface area (TPSA) is 70.2 Å². The first-order valence-electron chi connectivity index (χ1n) is 8.31. The van der Waals surface area contributed by atoms with Gasteiger partial charge in [-0.15, -0.1) is 0 Å². The van der Waals surface area contributed by atoms with Gasteiger partial charge in [0, 0.05) is 18.7 Å². The predicted octanol–water partition coefficient (Wildman–Crippen LogP) is 1.40. The van der Waals surface area contributed by atoms with E-state index in [2.05, 4.69) is 9.79 Å². The molecule has 1 aliphatic heterocycles. The molecule has 1 saturated heterocycles. The van der Waals surface area contributed by atoms with E-state index in [1.54, 1.807) is 4.90 Å². The van der Waals surface area contributed by atoms with Crippen molar-refractivity contribution in [3.63, 3.8) is 0 Å². The molecule has 0 saturated carbocycles. The highest BCUT2D eigenvalue weighted by molar-refractivity contribution is 5.74. The van der Waals surface area contributed by atoms with E-state index in [1.165, 1.54) is 29.1 Å². The van der Waals surface area contributed by atoms with E-state index in [0.717, 1.165) is 12.8 Å². The first-order chi connectivity index (χ1) is 12.0. The zero-order chi connectivity index (χ0) is 17.8. The summed E-state index contributed by atoms with van der Waals surface area (Å²) in [7, 11) is 0. The minimum Gasteiger partial charge on any atom is -0.337 e. The highest BCUT2D eigenvalue weighted by Crippen LogP contribution is 2.23. The van der Waals surface area contributed by atoms with Gasteiger partial charge in [0.25, 0.3) is 18.6 Å². The maximum Gasteiger partial charge on any atom is 0.426 e. The molecule has 25 heavy (non-hydrogen) atoms. The molecule has 1 aromatic heterocycles. The van der Waals surface area contributed by atoms with Crippen LogP contribution in [0.2, 0.25) is 0 Å². The van der Waals surface area contributed by atoms with Crippen LogP contribution in [0.25, 0.3) is 0 Å². The lowest BCUT2D eigenvalue weighted by atomic mass is 9.91. The van der Waals surface area contributed by atoms with Gasteiger partial charge in [-0.3, -0.25) is 9.32 Å². The summed E-state index contributed by atoms with van der Waals surface area (Å²) in [4.78, 5) is 25.0. The lowest BCUT2D eigenvalue weighted by molar-refractivity contribution is -0.751. The van der Waals surface area contributed by atoms with Crippen LogP contribution in [0.3, 0.4) is 0 Å². The number of amides is 1. The number of hydrogen-bond donors (Lipinski definition) is 1. The number of aromatic amines is 1. The lowest BCUT2D eigenvalue weighted by Crippen LogP contribution is -2.48. The van der Waals surface area contributed by atoms with Gasteiger partial charge >= 0.3 is 5.63 Å². The first kappa shape index (κ1) is 17.3. The van der Waals surface area contributed by atoms with Crippen LogP contribution < -0.4 is 10.3 Å². The SMILES string of the molecule is O=C(C[n+]1cc(=O)o[nH]1)N1CCC[C@@H](CCc2c(F)cccc2F)C1. The maximum atomic E-state index is 13.7. The van der Waals surface area contributed by atoms with Crippen molar-refractivity contribution in [3.8, 4) is 0 Å². The highest BCUT2D eigenvalue weighted by Gasteiger charge is 2.26. The molecule has 1 aliphatic rings. The van der Waals surface area contributed by atoms with Crippen LogP contribution in [0.1, 0.15) is 24.8 Å². The zero-order valence-electron chi connectivity index (χ0n) is 13.7. The molecule has 0 radical (unpaired) electrons. The number of nitrogens with zero attached hydrogens (tertiary/aromatic N) is 2. The molecule has 8 heteroatoms. The normalized spacial score (nSPS) is 17.7. The predicted molar refractivity (Wildman–Crippen MR) is 83.5 cm³/mol. The second-order valence-electron chi connectivity index (χ2n) is 6.36. The van der Waals surface area contributed by atoms with Crippen LogP contribution in [0.15, 0.2) is 33.7 Å². The average molecular weight is 352 g/mol. The van der Waals surface area contributed by atoms with Gasteiger partial charge in [0.05, 0.1) is 0 Å². The Kier molecular flexibility index (Phi) is 5.25. The average Bonchev–Trinajstić information content (AvgIpc) is 2.99. The van der Waals surface area contributed by atoms with Crippen LogP contribution in [0, 0.1) is 17.6 Å². The number of benzene rings is 1. The van der Waals surface area contributed by atoms with E-state index in [4.69, 9.17) is 0 Å². The lowest BCUT2D eigenvalue weighted by Gasteiger charge is -2.32. The van der Waals surface area contributed by atoms with E-state index in [0.29, 0.717) is 25.9 Å². The molecule has 2 aromatic rings. The fraction of sp³-hybridized carbons (Fsp3) is 0.471. The minimum absolute atomic E-state index is 0.000398. The molecule has 1 aromatic carbocycles. The van der Waals surface area contributed by atoms with Crippen molar-refractivity contribution in [3.05, 3.63) is 52.0 Å². The Morgan fingerprint density at radius 1 is 1.36 bits per heavy atom. The minimum atomic E-state index is -0.545. The fourth-order valence-corrected chi connectivity index (χ4v) is 3.25. The molecule has 1 N–H and O–H groups in total. The van der Waals surface area contributed by atoms with Gasteiger partial charge in [0.1, 0.15) is 11.6 Å². The summed E-state index contributed by atoms with van der Waals surface area (Å²) in [6.45, 7) is 1.20. The number of nitrogens with one attached hydrogen (secondary N) is 1. The highest BCUT2D eigenvalue weighted by atomic mass is 19.1. The summed E-state index contributed by atoms with van der Waals surface area (Å²) in [5, 5.41) is 2.34. The summed E-state index contributed by atoms with van der Waals surface area (Å²) in [6, 6.07) is 3.88. The molecule has 3 rings (SSSR count). The number of rotatable bonds is 5. The number of halogens is 2. The third-order valence-electron chi connectivity index (χ3n) is 4.57. The number of carbonyl (C=O) groups excluding carboxylic acids is 1. The Morgan fingerprint density at radius 3 is 2.80 bits per heavy atom. The van der Waals surface area contributed by atoms with E-state index < -0.39 is 17.3 Å². The summed E-state index contributed by atoms with van der Waals surface area (Å²) in [5.74, 6) is -0.970. The number of likely N-dealkylation sites (tertiary alicyclic amines) is 1. The number of H-pyrrole nitrogens is 1. The van der Waals surface area contributed by atoms with Crippen LogP contribution in [-0.2, 0) is 17.8 Å². The molecule has 0 bridgehead atoms. The molecule has 6 nitrogen and oxygen atoms in total. The van der Waals surface area contributed by atoms with Crippen molar-refractivity contribution in [1.82, 2.24) is 10.2 Å². The van der Waals surface area contributed by atoms with Crippen LogP contribution in [-0.4, -0.2) is 29.2 Å². The molecule has 0 spiro atoms. The van der Waals surface area contributed by atoms with Crippen LogP contribution in [0.5, 0.6) is 0 Å². The van der Waals surface area contributed by atoms with Gasteiger partial charge in [0.2, 0.25) is 0 Å². The third-order valence-corrected chi connectivity index (χ3v) is 4.57. The summed E-state index contributed by atoms with van der Waals surface area (Å²) >= 11 is 0. The molecule has 1 amide bonds. The van der Waals surface area contributed by atoms with Gasteiger partial charge in [-0.25, -0.2) is 13.6 Å². The van der Waals surface area contributed by atoms with E-state index in [1.807, 2.05) is 0 Å².